The van der Waals surface area contributed by atoms with E-state index in [4.69, 9.17) is 16.9 Å². The number of hydrogen-bond donors (Lipinski definition) is 1. The Hall–Kier alpha value is -2.39. The van der Waals surface area contributed by atoms with Crippen LogP contribution in [0.4, 0.5) is 15.9 Å². The van der Waals surface area contributed by atoms with Crippen molar-refractivity contribution in [2.75, 3.05) is 23.3 Å². The van der Waals surface area contributed by atoms with Gasteiger partial charge in [-0.05, 0) is 38.0 Å². The van der Waals surface area contributed by atoms with Gasteiger partial charge in [0.25, 0.3) is 0 Å². The fourth-order valence-corrected chi connectivity index (χ4v) is 3.19. The van der Waals surface area contributed by atoms with Crippen molar-refractivity contribution < 1.29 is 4.39 Å². The smallest absolute Gasteiger partial charge is 0.147 e. The monoisotopic (exact) mass is 345 g/mol. The number of aromatic nitrogens is 2. The van der Waals surface area contributed by atoms with Crippen LogP contribution in [0.25, 0.3) is 0 Å². The molecule has 0 bridgehead atoms. The molecular formula is C17H17ClFN5. The third-order valence-electron chi connectivity index (χ3n) is 4.00. The van der Waals surface area contributed by atoms with E-state index in [9.17, 15) is 4.39 Å². The predicted molar refractivity (Wildman–Crippen MR) is 91.8 cm³/mol. The third kappa shape index (κ3) is 3.74. The minimum absolute atomic E-state index is 0.138. The van der Waals surface area contributed by atoms with E-state index in [1.165, 1.54) is 6.07 Å². The Morgan fingerprint density at radius 2 is 2.21 bits per heavy atom. The van der Waals surface area contributed by atoms with Crippen LogP contribution >= 0.6 is 11.6 Å². The van der Waals surface area contributed by atoms with E-state index >= 15 is 0 Å². The van der Waals surface area contributed by atoms with Gasteiger partial charge < -0.3 is 10.2 Å². The lowest BCUT2D eigenvalue weighted by atomic mass is 10.0. The van der Waals surface area contributed by atoms with E-state index in [1.807, 2.05) is 11.0 Å². The first-order valence-corrected chi connectivity index (χ1v) is 8.15. The van der Waals surface area contributed by atoms with Gasteiger partial charge in [-0.15, -0.1) is 0 Å². The molecule has 1 N–H and O–H groups in total. The van der Waals surface area contributed by atoms with Crippen LogP contribution in [-0.4, -0.2) is 29.1 Å². The van der Waals surface area contributed by atoms with Gasteiger partial charge in [0.1, 0.15) is 22.6 Å². The molecule has 7 heteroatoms. The van der Waals surface area contributed by atoms with Crippen LogP contribution < -0.4 is 10.2 Å². The quantitative estimate of drug-likeness (QED) is 0.862. The number of nitrogens with zero attached hydrogens (tertiary/aromatic N) is 4. The maximum absolute atomic E-state index is 14.2. The van der Waals surface area contributed by atoms with Gasteiger partial charge in [0, 0.05) is 25.2 Å². The van der Waals surface area contributed by atoms with E-state index in [0.29, 0.717) is 34.6 Å². The van der Waals surface area contributed by atoms with E-state index in [0.717, 1.165) is 19.4 Å². The summed E-state index contributed by atoms with van der Waals surface area (Å²) in [6.07, 6.45) is 1.91. The second-order valence-electron chi connectivity index (χ2n) is 5.83. The Labute approximate surface area is 145 Å². The average Bonchev–Trinajstić information content (AvgIpc) is 2.54. The van der Waals surface area contributed by atoms with Gasteiger partial charge >= 0.3 is 0 Å². The Morgan fingerprint density at radius 3 is 2.92 bits per heavy atom. The Morgan fingerprint density at radius 1 is 1.38 bits per heavy atom. The molecule has 1 fully saturated rings. The van der Waals surface area contributed by atoms with Crippen molar-refractivity contribution in [3.05, 3.63) is 46.6 Å². The molecule has 0 radical (unpaired) electrons. The second kappa shape index (κ2) is 7.02. The van der Waals surface area contributed by atoms with Gasteiger partial charge in [0.05, 0.1) is 17.3 Å². The van der Waals surface area contributed by atoms with Crippen LogP contribution in [-0.2, 0) is 0 Å². The van der Waals surface area contributed by atoms with Crippen molar-refractivity contribution in [1.82, 2.24) is 9.97 Å². The summed E-state index contributed by atoms with van der Waals surface area (Å²) in [6, 6.07) is 8.37. The molecule has 1 unspecified atom stereocenters. The highest BCUT2D eigenvalue weighted by molar-refractivity contribution is 6.29. The van der Waals surface area contributed by atoms with Crippen molar-refractivity contribution in [2.45, 2.75) is 25.8 Å². The molecular weight excluding hydrogens is 329 g/mol. The minimum Gasteiger partial charge on any atom is -0.367 e. The Balaban J connectivity index is 1.73. The summed E-state index contributed by atoms with van der Waals surface area (Å²) in [4.78, 5) is 10.4. The summed E-state index contributed by atoms with van der Waals surface area (Å²) in [5.41, 5.74) is 0.853. The molecule has 0 aliphatic carbocycles. The van der Waals surface area contributed by atoms with Gasteiger partial charge in [-0.1, -0.05) is 11.6 Å². The molecule has 1 atom stereocenters. The van der Waals surface area contributed by atoms with Crippen molar-refractivity contribution >= 4 is 23.1 Å². The highest BCUT2D eigenvalue weighted by Gasteiger charge is 2.22. The minimum atomic E-state index is -0.365. The van der Waals surface area contributed by atoms with Crippen LogP contribution in [0.3, 0.4) is 0 Å². The molecule has 124 valence electrons. The highest BCUT2D eigenvalue weighted by atomic mass is 35.5. The van der Waals surface area contributed by atoms with Gasteiger partial charge in [0.2, 0.25) is 0 Å². The lowest BCUT2D eigenvalue weighted by molar-refractivity contribution is 0.518. The molecule has 1 aliphatic heterocycles. The first-order chi connectivity index (χ1) is 11.5. The summed E-state index contributed by atoms with van der Waals surface area (Å²) in [5, 5.41) is 12.6. The lowest BCUT2D eigenvalue weighted by Gasteiger charge is -2.35. The summed E-state index contributed by atoms with van der Waals surface area (Å²) in [7, 11) is 0. The fraction of sp³-hybridized carbons (Fsp3) is 0.353. The molecule has 1 aromatic heterocycles. The Kier molecular flexibility index (Phi) is 4.81. The summed E-state index contributed by atoms with van der Waals surface area (Å²) in [5.74, 6) is 0.922. The van der Waals surface area contributed by atoms with Crippen molar-refractivity contribution in [3.8, 4) is 6.07 Å². The molecule has 24 heavy (non-hydrogen) atoms. The van der Waals surface area contributed by atoms with E-state index < -0.39 is 0 Å². The standard InChI is InChI=1S/C17H17ClFN5/c1-11-21-16(18)8-17(22-11)23-13-3-2-6-24(10-13)15-5-4-12(9-20)7-14(15)19/h4-5,7-8,13H,2-3,6,10H2,1H3,(H,21,22,23). The van der Waals surface area contributed by atoms with Gasteiger partial charge in [-0.2, -0.15) is 5.26 Å². The maximum atomic E-state index is 14.2. The number of aryl methyl sites for hydroxylation is 1. The van der Waals surface area contributed by atoms with E-state index in [-0.39, 0.29) is 11.9 Å². The molecule has 1 aliphatic rings. The fourth-order valence-electron chi connectivity index (χ4n) is 2.96. The molecule has 1 aromatic carbocycles. The molecule has 1 saturated heterocycles. The second-order valence-corrected chi connectivity index (χ2v) is 6.22. The SMILES string of the molecule is Cc1nc(Cl)cc(NC2CCCN(c3ccc(C#N)cc3F)C2)n1. The summed E-state index contributed by atoms with van der Waals surface area (Å²) in [6.45, 7) is 3.23. The molecule has 0 spiro atoms. The number of rotatable bonds is 3. The largest absolute Gasteiger partial charge is 0.367 e. The first kappa shape index (κ1) is 16.5. The highest BCUT2D eigenvalue weighted by Crippen LogP contribution is 2.25. The third-order valence-corrected chi connectivity index (χ3v) is 4.19. The van der Waals surface area contributed by atoms with Crippen LogP contribution in [0, 0.1) is 24.1 Å². The molecule has 2 heterocycles. The van der Waals surface area contributed by atoms with Gasteiger partial charge in [-0.25, -0.2) is 14.4 Å². The average molecular weight is 346 g/mol. The number of nitrogens with one attached hydrogen (secondary N) is 1. The lowest BCUT2D eigenvalue weighted by Crippen LogP contribution is -2.42. The maximum Gasteiger partial charge on any atom is 0.147 e. The first-order valence-electron chi connectivity index (χ1n) is 7.77. The number of halogens is 2. The zero-order valence-electron chi connectivity index (χ0n) is 13.3. The molecule has 0 saturated carbocycles. The predicted octanol–water partition coefficient (Wildman–Crippen LogP) is 3.53. The van der Waals surface area contributed by atoms with Crippen LogP contribution in [0.1, 0.15) is 24.2 Å². The van der Waals surface area contributed by atoms with Crippen molar-refractivity contribution in [1.29, 1.82) is 5.26 Å². The van der Waals surface area contributed by atoms with Gasteiger partial charge in [-0.3, -0.25) is 0 Å². The number of hydrogen-bond acceptors (Lipinski definition) is 5. The molecule has 3 rings (SSSR count). The van der Waals surface area contributed by atoms with Crippen molar-refractivity contribution in [3.63, 3.8) is 0 Å². The number of nitriles is 1. The number of piperidine rings is 1. The van der Waals surface area contributed by atoms with Gasteiger partial charge in [0.15, 0.2) is 0 Å². The molecule has 5 nitrogen and oxygen atoms in total. The summed E-state index contributed by atoms with van der Waals surface area (Å²) >= 11 is 5.96. The summed E-state index contributed by atoms with van der Waals surface area (Å²) < 4.78 is 14.2. The Bertz CT molecular complexity index is 769. The zero-order chi connectivity index (χ0) is 17.1. The van der Waals surface area contributed by atoms with Crippen LogP contribution in [0.15, 0.2) is 24.3 Å². The molecule has 0 amide bonds. The van der Waals surface area contributed by atoms with E-state index in [1.54, 1.807) is 25.1 Å². The number of benzene rings is 1. The topological polar surface area (TPSA) is 64.8 Å². The zero-order valence-corrected chi connectivity index (χ0v) is 14.0. The van der Waals surface area contributed by atoms with Crippen molar-refractivity contribution in [2.24, 2.45) is 0 Å². The van der Waals surface area contributed by atoms with E-state index in [2.05, 4.69) is 15.3 Å². The van der Waals surface area contributed by atoms with Crippen LogP contribution in [0.2, 0.25) is 5.15 Å². The number of anilines is 2. The van der Waals surface area contributed by atoms with Crippen LogP contribution in [0.5, 0.6) is 0 Å². The normalized spacial score (nSPS) is 17.4. The molecule has 2 aromatic rings.